The molecule has 0 bridgehead atoms. The summed E-state index contributed by atoms with van der Waals surface area (Å²) in [5, 5.41) is 4.25. The molecule has 18 heavy (non-hydrogen) atoms. The van der Waals surface area contributed by atoms with Gasteiger partial charge in [-0.05, 0) is 36.8 Å². The molecule has 1 atom stereocenters. The summed E-state index contributed by atoms with van der Waals surface area (Å²) in [6, 6.07) is 4.12. The van der Waals surface area contributed by atoms with Crippen LogP contribution in [0.5, 0.6) is 0 Å². The number of hydrogen-bond acceptors (Lipinski definition) is 5. The Morgan fingerprint density at radius 1 is 1.44 bits per heavy atom. The molecular formula is C12H12FN3OS. The number of anilines is 1. The Morgan fingerprint density at radius 2 is 2.33 bits per heavy atom. The normalized spacial score (nSPS) is 19.3. The third kappa shape index (κ3) is 2.08. The standard InChI is InChI=1S/C12H12FN3OS/c13-7-3-4-9(14)8(6-7)12-15-11(16-17-12)10-2-1-5-18-10/h3-4,6,10H,1-2,5,14H2. The van der Waals surface area contributed by atoms with Gasteiger partial charge in [0.25, 0.3) is 5.89 Å². The first-order valence-electron chi connectivity index (χ1n) is 5.74. The van der Waals surface area contributed by atoms with E-state index in [1.165, 1.54) is 24.6 Å². The number of hydrogen-bond donors (Lipinski definition) is 1. The summed E-state index contributed by atoms with van der Waals surface area (Å²) in [4.78, 5) is 4.32. The Balaban J connectivity index is 1.94. The van der Waals surface area contributed by atoms with Crippen molar-refractivity contribution in [1.82, 2.24) is 10.1 Å². The maximum Gasteiger partial charge on any atom is 0.260 e. The second-order valence-corrected chi connectivity index (χ2v) is 5.50. The highest BCUT2D eigenvalue weighted by atomic mass is 32.2. The van der Waals surface area contributed by atoms with Gasteiger partial charge in [0.1, 0.15) is 5.82 Å². The molecule has 2 aromatic rings. The van der Waals surface area contributed by atoms with Crippen LogP contribution in [0.3, 0.4) is 0 Å². The van der Waals surface area contributed by atoms with E-state index in [1.54, 1.807) is 0 Å². The van der Waals surface area contributed by atoms with E-state index in [9.17, 15) is 4.39 Å². The molecule has 1 unspecified atom stereocenters. The summed E-state index contributed by atoms with van der Waals surface area (Å²) in [5.74, 6) is 1.72. The highest BCUT2D eigenvalue weighted by Gasteiger charge is 2.23. The lowest BCUT2D eigenvalue weighted by Gasteiger charge is -2.00. The molecule has 2 N–H and O–H groups in total. The molecule has 0 radical (unpaired) electrons. The van der Waals surface area contributed by atoms with E-state index < -0.39 is 0 Å². The topological polar surface area (TPSA) is 64.9 Å². The maximum absolute atomic E-state index is 13.2. The molecule has 4 nitrogen and oxygen atoms in total. The zero-order valence-electron chi connectivity index (χ0n) is 9.60. The van der Waals surface area contributed by atoms with E-state index in [2.05, 4.69) is 10.1 Å². The van der Waals surface area contributed by atoms with Crippen LogP contribution in [0.4, 0.5) is 10.1 Å². The van der Waals surface area contributed by atoms with Crippen LogP contribution in [-0.2, 0) is 0 Å². The predicted octanol–water partition coefficient (Wildman–Crippen LogP) is 3.03. The van der Waals surface area contributed by atoms with Crippen molar-refractivity contribution in [3.63, 3.8) is 0 Å². The van der Waals surface area contributed by atoms with E-state index in [4.69, 9.17) is 10.3 Å². The van der Waals surface area contributed by atoms with Crippen molar-refractivity contribution in [3.8, 4) is 11.5 Å². The number of aromatic nitrogens is 2. The third-order valence-electron chi connectivity index (χ3n) is 2.91. The van der Waals surface area contributed by atoms with Crippen LogP contribution in [0.1, 0.15) is 23.9 Å². The molecule has 1 aliphatic heterocycles. The molecule has 0 saturated carbocycles. The summed E-state index contributed by atoms with van der Waals surface area (Å²) in [7, 11) is 0. The van der Waals surface area contributed by atoms with Crippen molar-refractivity contribution < 1.29 is 8.91 Å². The van der Waals surface area contributed by atoms with Gasteiger partial charge in [-0.2, -0.15) is 16.7 Å². The Morgan fingerprint density at radius 3 is 3.11 bits per heavy atom. The smallest absolute Gasteiger partial charge is 0.260 e. The molecule has 6 heteroatoms. The molecule has 1 fully saturated rings. The van der Waals surface area contributed by atoms with Crippen molar-refractivity contribution in [3.05, 3.63) is 29.8 Å². The fraction of sp³-hybridized carbons (Fsp3) is 0.333. The Kier molecular flexibility index (Phi) is 2.95. The summed E-state index contributed by atoms with van der Waals surface area (Å²) in [6.07, 6.45) is 2.23. The van der Waals surface area contributed by atoms with E-state index in [1.807, 2.05) is 11.8 Å². The van der Waals surface area contributed by atoms with Gasteiger partial charge in [0.05, 0.1) is 10.8 Å². The lowest BCUT2D eigenvalue weighted by atomic mass is 10.2. The highest BCUT2D eigenvalue weighted by molar-refractivity contribution is 7.99. The minimum atomic E-state index is -0.366. The minimum absolute atomic E-state index is 0.287. The number of nitrogen functional groups attached to an aromatic ring is 1. The molecular weight excluding hydrogens is 253 g/mol. The summed E-state index contributed by atoms with van der Waals surface area (Å²) < 4.78 is 18.4. The Labute approximate surface area is 108 Å². The fourth-order valence-electron chi connectivity index (χ4n) is 1.97. The van der Waals surface area contributed by atoms with Crippen LogP contribution in [0.25, 0.3) is 11.5 Å². The van der Waals surface area contributed by atoms with Gasteiger partial charge in [-0.3, -0.25) is 0 Å². The van der Waals surface area contributed by atoms with Crippen molar-refractivity contribution >= 4 is 17.4 Å². The molecule has 0 aliphatic carbocycles. The van der Waals surface area contributed by atoms with Crippen molar-refractivity contribution in [2.24, 2.45) is 0 Å². The molecule has 3 rings (SSSR count). The van der Waals surface area contributed by atoms with Crippen molar-refractivity contribution in [1.29, 1.82) is 0 Å². The number of rotatable bonds is 2. The van der Waals surface area contributed by atoms with E-state index >= 15 is 0 Å². The van der Waals surface area contributed by atoms with Gasteiger partial charge >= 0.3 is 0 Å². The number of benzene rings is 1. The summed E-state index contributed by atoms with van der Waals surface area (Å²) in [6.45, 7) is 0. The molecule has 0 amide bonds. The van der Waals surface area contributed by atoms with Gasteiger partial charge in [-0.1, -0.05) is 5.16 Å². The average Bonchev–Trinajstić information content (AvgIpc) is 3.00. The first-order chi connectivity index (χ1) is 8.74. The lowest BCUT2D eigenvalue weighted by molar-refractivity contribution is 0.421. The molecule has 0 spiro atoms. The molecule has 1 aromatic heterocycles. The molecule has 1 aliphatic rings. The molecule has 1 aromatic carbocycles. The van der Waals surface area contributed by atoms with Gasteiger partial charge in [0, 0.05) is 5.69 Å². The van der Waals surface area contributed by atoms with Gasteiger partial charge in [0.2, 0.25) is 0 Å². The van der Waals surface area contributed by atoms with Crippen LogP contribution in [0.2, 0.25) is 0 Å². The predicted molar refractivity (Wildman–Crippen MR) is 68.5 cm³/mol. The number of thioether (sulfide) groups is 1. The zero-order valence-corrected chi connectivity index (χ0v) is 10.4. The second kappa shape index (κ2) is 4.61. The van der Waals surface area contributed by atoms with Crippen LogP contribution < -0.4 is 5.73 Å². The van der Waals surface area contributed by atoms with Gasteiger partial charge in [-0.15, -0.1) is 0 Å². The van der Waals surface area contributed by atoms with Crippen molar-refractivity contribution in [2.75, 3.05) is 11.5 Å². The lowest BCUT2D eigenvalue weighted by Crippen LogP contribution is -1.93. The second-order valence-electron chi connectivity index (χ2n) is 4.19. The van der Waals surface area contributed by atoms with Gasteiger partial charge in [-0.25, -0.2) is 4.39 Å². The zero-order chi connectivity index (χ0) is 12.5. The van der Waals surface area contributed by atoms with Crippen LogP contribution in [0, 0.1) is 5.82 Å². The SMILES string of the molecule is Nc1ccc(F)cc1-c1nc(C2CCCS2)no1. The average molecular weight is 265 g/mol. The number of halogens is 1. The molecule has 2 heterocycles. The summed E-state index contributed by atoms with van der Waals surface area (Å²) in [5.41, 5.74) is 6.68. The number of nitrogens with two attached hydrogens (primary N) is 1. The largest absolute Gasteiger partial charge is 0.398 e. The highest BCUT2D eigenvalue weighted by Crippen LogP contribution is 2.39. The van der Waals surface area contributed by atoms with Crippen LogP contribution in [-0.4, -0.2) is 15.9 Å². The van der Waals surface area contributed by atoms with E-state index in [0.717, 1.165) is 12.2 Å². The fourth-order valence-corrected chi connectivity index (χ4v) is 3.17. The summed E-state index contributed by atoms with van der Waals surface area (Å²) >= 11 is 1.82. The van der Waals surface area contributed by atoms with Crippen LogP contribution in [0.15, 0.2) is 22.7 Å². The molecule has 1 saturated heterocycles. The van der Waals surface area contributed by atoms with Crippen molar-refractivity contribution in [2.45, 2.75) is 18.1 Å². The Bertz CT molecular complexity index is 566. The first kappa shape index (κ1) is 11.5. The minimum Gasteiger partial charge on any atom is -0.398 e. The van der Waals surface area contributed by atoms with E-state index in [0.29, 0.717) is 17.1 Å². The Hall–Kier alpha value is -1.56. The van der Waals surface area contributed by atoms with Gasteiger partial charge < -0.3 is 10.3 Å². The third-order valence-corrected chi connectivity index (χ3v) is 4.28. The van der Waals surface area contributed by atoms with Gasteiger partial charge in [0.15, 0.2) is 5.82 Å². The molecule has 94 valence electrons. The maximum atomic E-state index is 13.2. The first-order valence-corrected chi connectivity index (χ1v) is 6.79. The number of nitrogens with zero attached hydrogens (tertiary/aromatic N) is 2. The quantitative estimate of drug-likeness (QED) is 0.845. The van der Waals surface area contributed by atoms with Crippen LogP contribution >= 0.6 is 11.8 Å². The monoisotopic (exact) mass is 265 g/mol. The van der Waals surface area contributed by atoms with E-state index in [-0.39, 0.29) is 17.0 Å².